The monoisotopic (exact) mass is 518 g/mol. The van der Waals surface area contributed by atoms with Crippen LogP contribution in [0.1, 0.15) is 13.3 Å². The zero-order valence-corrected chi connectivity index (χ0v) is 20.6. The van der Waals surface area contributed by atoms with Crippen LogP contribution < -0.4 is 24.8 Å². The maximum absolute atomic E-state index is 12.5. The van der Waals surface area contributed by atoms with Crippen molar-refractivity contribution in [2.24, 2.45) is 0 Å². The summed E-state index contributed by atoms with van der Waals surface area (Å²) < 4.78 is 22.7. The molecule has 3 amide bonds. The number of ether oxygens (including phenoxy) is 4. The molecule has 2 aromatic carbocycles. The summed E-state index contributed by atoms with van der Waals surface area (Å²) in [5.41, 5.74) is 0.720. The second kappa shape index (κ2) is 12.9. The molecule has 0 unspecified atom stereocenters. The Morgan fingerprint density at radius 3 is 2.50 bits per heavy atom. The molecule has 0 aliphatic heterocycles. The quantitative estimate of drug-likeness (QED) is 0.293. The molecule has 0 saturated heterocycles. The van der Waals surface area contributed by atoms with Gasteiger partial charge in [-0.1, -0.05) is 18.2 Å². The number of hydrogen-bond acceptors (Lipinski definition) is 8. The minimum absolute atomic E-state index is 0.0826. The summed E-state index contributed by atoms with van der Waals surface area (Å²) in [4.78, 5) is 40.4. The molecule has 0 aliphatic carbocycles. The van der Waals surface area contributed by atoms with Crippen LogP contribution in [0.25, 0.3) is 10.9 Å². The number of aromatic nitrogens is 2. The first-order chi connectivity index (χ1) is 18.5. The van der Waals surface area contributed by atoms with Crippen molar-refractivity contribution in [3.63, 3.8) is 0 Å². The highest BCUT2D eigenvalue weighted by molar-refractivity contribution is 5.92. The van der Waals surface area contributed by atoms with Gasteiger partial charge < -0.3 is 24.3 Å². The molecule has 4 aromatic rings. The van der Waals surface area contributed by atoms with Crippen LogP contribution >= 0.6 is 0 Å². The summed E-state index contributed by atoms with van der Waals surface area (Å²) in [5, 5.41) is 5.62. The summed E-state index contributed by atoms with van der Waals surface area (Å²) in [6, 6.07) is 18.1. The number of pyridine rings is 1. The van der Waals surface area contributed by atoms with Crippen molar-refractivity contribution in [3.8, 4) is 23.1 Å². The molecule has 2 aromatic heterocycles. The van der Waals surface area contributed by atoms with Gasteiger partial charge in [0.1, 0.15) is 17.2 Å². The van der Waals surface area contributed by atoms with Crippen LogP contribution in [0.4, 0.5) is 14.4 Å². The first-order valence-corrected chi connectivity index (χ1v) is 11.9. The lowest BCUT2D eigenvalue weighted by atomic mass is 10.2. The van der Waals surface area contributed by atoms with Crippen LogP contribution in [0.5, 0.6) is 23.1 Å². The third-order valence-corrected chi connectivity index (χ3v) is 5.12. The number of carbonyl (C=O) groups excluding carboxylic acids is 3. The summed E-state index contributed by atoms with van der Waals surface area (Å²) in [7, 11) is 0. The van der Waals surface area contributed by atoms with Gasteiger partial charge in [0, 0.05) is 43.6 Å². The largest absolute Gasteiger partial charge is 0.457 e. The number of amides is 3. The van der Waals surface area contributed by atoms with Crippen LogP contribution in [-0.4, -0.2) is 47.5 Å². The maximum atomic E-state index is 12.5. The zero-order chi connectivity index (χ0) is 26.7. The second-order valence-electron chi connectivity index (χ2n) is 7.84. The normalized spacial score (nSPS) is 10.6. The third-order valence-electron chi connectivity index (χ3n) is 5.12. The minimum atomic E-state index is -1.06. The highest BCUT2D eigenvalue weighted by Crippen LogP contribution is 2.27. The van der Waals surface area contributed by atoms with Crippen molar-refractivity contribution in [1.29, 1.82) is 0 Å². The Balaban J connectivity index is 1.33. The highest BCUT2D eigenvalue weighted by Gasteiger charge is 2.14. The van der Waals surface area contributed by atoms with Crippen molar-refractivity contribution >= 4 is 29.1 Å². The van der Waals surface area contributed by atoms with E-state index in [1.54, 1.807) is 60.8 Å². The predicted molar refractivity (Wildman–Crippen MR) is 138 cm³/mol. The number of nitrogens with one attached hydrogen (secondary N) is 2. The maximum Gasteiger partial charge on any atom is 0.423 e. The van der Waals surface area contributed by atoms with E-state index in [4.69, 9.17) is 18.9 Å². The van der Waals surface area contributed by atoms with Gasteiger partial charge in [-0.15, -0.1) is 0 Å². The van der Waals surface area contributed by atoms with Gasteiger partial charge in [-0.3, -0.25) is 4.57 Å². The number of fused-ring (bicyclic) bond motifs is 1. The van der Waals surface area contributed by atoms with E-state index in [1.165, 1.54) is 16.8 Å². The van der Waals surface area contributed by atoms with Crippen molar-refractivity contribution in [1.82, 2.24) is 20.2 Å². The number of para-hydroxylation sites is 1. The van der Waals surface area contributed by atoms with Crippen LogP contribution in [0, 0.1) is 0 Å². The van der Waals surface area contributed by atoms with Crippen LogP contribution in [0.2, 0.25) is 0 Å². The Kier molecular flexibility index (Phi) is 8.87. The molecule has 2 heterocycles. The Morgan fingerprint density at radius 1 is 0.895 bits per heavy atom. The van der Waals surface area contributed by atoms with Gasteiger partial charge in [0.05, 0.1) is 5.52 Å². The van der Waals surface area contributed by atoms with Crippen LogP contribution in [0.15, 0.2) is 79.1 Å². The van der Waals surface area contributed by atoms with Gasteiger partial charge in [0.2, 0.25) is 5.88 Å². The fourth-order valence-corrected chi connectivity index (χ4v) is 3.43. The average molecular weight is 519 g/mol. The van der Waals surface area contributed by atoms with Gasteiger partial charge in [0.25, 0.3) is 0 Å². The van der Waals surface area contributed by atoms with Crippen molar-refractivity contribution < 1.29 is 33.3 Å². The number of nitrogens with zero attached hydrogens (tertiary/aromatic N) is 2. The lowest BCUT2D eigenvalue weighted by molar-refractivity contribution is 0.145. The summed E-state index contributed by atoms with van der Waals surface area (Å²) in [6.45, 7) is 3.68. The molecule has 0 aliphatic rings. The van der Waals surface area contributed by atoms with Crippen LogP contribution in [0.3, 0.4) is 0 Å². The van der Waals surface area contributed by atoms with Gasteiger partial charge in [0.15, 0.2) is 0 Å². The van der Waals surface area contributed by atoms with E-state index in [0.717, 1.165) is 17.3 Å². The van der Waals surface area contributed by atoms with Gasteiger partial charge in [-0.25, -0.2) is 24.7 Å². The SMILES string of the molecule is CCOCCCNC(=O)n1ccc2cc(Oc3ccnc(OC(=O)NC(=O)Oc4ccccc4)c3)ccc21. The van der Waals surface area contributed by atoms with Crippen molar-refractivity contribution in [2.75, 3.05) is 19.8 Å². The Bertz CT molecular complexity index is 1410. The number of rotatable bonds is 9. The lowest BCUT2D eigenvalue weighted by Crippen LogP contribution is -2.35. The van der Waals surface area contributed by atoms with E-state index in [2.05, 4.69) is 10.3 Å². The van der Waals surface area contributed by atoms with E-state index in [0.29, 0.717) is 31.3 Å². The van der Waals surface area contributed by atoms with E-state index in [9.17, 15) is 14.4 Å². The molecular formula is C27H26N4O7. The molecule has 2 N–H and O–H groups in total. The minimum Gasteiger partial charge on any atom is -0.457 e. The standard InChI is InChI=1S/C27H26N4O7/c1-2-35-16-6-13-29-25(32)31-15-12-19-17-21(9-10-23(19)31)36-22-11-14-28-24(18-22)38-27(34)30-26(33)37-20-7-4-3-5-8-20/h3-5,7-12,14-15,17-18H,2,6,13,16H2,1H3,(H,29,32)(H,30,33,34). The number of carbonyl (C=O) groups is 3. The molecule has 0 fully saturated rings. The van der Waals surface area contributed by atoms with Gasteiger partial charge in [-0.2, -0.15) is 0 Å². The Hall–Kier alpha value is -4.90. The molecule has 11 heteroatoms. The molecule has 0 bridgehead atoms. The smallest absolute Gasteiger partial charge is 0.423 e. The van der Waals surface area contributed by atoms with E-state index in [-0.39, 0.29) is 17.7 Å². The van der Waals surface area contributed by atoms with Gasteiger partial charge in [-0.05, 0) is 55.8 Å². The Morgan fingerprint density at radius 2 is 1.68 bits per heavy atom. The first-order valence-electron chi connectivity index (χ1n) is 11.9. The zero-order valence-electron chi connectivity index (χ0n) is 20.6. The van der Waals surface area contributed by atoms with Crippen molar-refractivity contribution in [3.05, 3.63) is 79.1 Å². The van der Waals surface area contributed by atoms with Crippen molar-refractivity contribution in [2.45, 2.75) is 13.3 Å². The average Bonchev–Trinajstić information content (AvgIpc) is 3.32. The molecule has 0 atom stereocenters. The molecule has 38 heavy (non-hydrogen) atoms. The predicted octanol–water partition coefficient (Wildman–Crippen LogP) is 5.10. The molecular weight excluding hydrogens is 492 g/mol. The highest BCUT2D eigenvalue weighted by atomic mass is 16.6. The number of benzene rings is 2. The Labute approximate surface area is 218 Å². The molecule has 11 nitrogen and oxygen atoms in total. The first kappa shape index (κ1) is 26.2. The second-order valence-corrected chi connectivity index (χ2v) is 7.84. The molecule has 4 rings (SSSR count). The lowest BCUT2D eigenvalue weighted by Gasteiger charge is -2.09. The summed E-state index contributed by atoms with van der Waals surface area (Å²) in [5.74, 6) is 1.04. The topological polar surface area (TPSA) is 130 Å². The molecule has 196 valence electrons. The van der Waals surface area contributed by atoms with E-state index >= 15 is 0 Å². The van der Waals surface area contributed by atoms with Crippen LogP contribution in [-0.2, 0) is 4.74 Å². The summed E-state index contributed by atoms with van der Waals surface area (Å²) >= 11 is 0. The van der Waals surface area contributed by atoms with E-state index < -0.39 is 12.2 Å². The third kappa shape index (κ3) is 7.31. The summed E-state index contributed by atoms with van der Waals surface area (Å²) in [6.07, 6.45) is 1.76. The molecule has 0 radical (unpaired) electrons. The van der Waals surface area contributed by atoms with E-state index in [1.807, 2.05) is 18.3 Å². The number of imide groups is 1. The molecule has 0 saturated carbocycles. The van der Waals surface area contributed by atoms with Gasteiger partial charge >= 0.3 is 18.2 Å². The molecule has 0 spiro atoms. The fraction of sp³-hybridized carbons (Fsp3) is 0.185. The fourth-order valence-electron chi connectivity index (χ4n) is 3.43. The number of hydrogen-bond donors (Lipinski definition) is 2.